The number of amides is 2. The van der Waals surface area contributed by atoms with Crippen LogP contribution in [0.3, 0.4) is 0 Å². The van der Waals surface area contributed by atoms with Crippen LogP contribution in [0.4, 0.5) is 4.79 Å². The van der Waals surface area contributed by atoms with Crippen LogP contribution in [0.25, 0.3) is 0 Å². The molecule has 158 valence electrons. The molecule has 2 saturated heterocycles. The highest BCUT2D eigenvalue weighted by Gasteiger charge is 2.25. The number of piperidine rings is 2. The molecule has 0 aliphatic carbocycles. The molecule has 0 aromatic rings. The first-order valence-corrected chi connectivity index (χ1v) is 10.6. The zero-order valence-corrected chi connectivity index (χ0v) is 17.8. The summed E-state index contributed by atoms with van der Waals surface area (Å²) in [4.78, 5) is 25.4. The number of urea groups is 1. The topological polar surface area (TPSA) is 99.8 Å². The van der Waals surface area contributed by atoms with Gasteiger partial charge in [-0.1, -0.05) is 26.7 Å². The number of nitrogens with one attached hydrogen (secondary N) is 2. The lowest BCUT2D eigenvalue weighted by Gasteiger charge is -2.39. The van der Waals surface area contributed by atoms with Crippen molar-refractivity contribution in [3.8, 4) is 0 Å². The van der Waals surface area contributed by atoms with Crippen LogP contribution in [-0.4, -0.2) is 54.9 Å². The second-order valence-electron chi connectivity index (χ2n) is 7.10. The molecule has 0 aromatic heterocycles. The highest BCUT2D eigenvalue weighted by molar-refractivity contribution is 5.71. The minimum absolute atomic E-state index is 0.0674. The Morgan fingerprint density at radius 3 is 2.33 bits per heavy atom. The maximum absolute atomic E-state index is 10.7. The molecule has 7 heteroatoms. The average molecular weight is 384 g/mol. The van der Waals surface area contributed by atoms with E-state index >= 15 is 0 Å². The van der Waals surface area contributed by atoms with Gasteiger partial charge >= 0.3 is 6.03 Å². The maximum Gasteiger partial charge on any atom is 0.313 e. The van der Waals surface area contributed by atoms with Crippen molar-refractivity contribution in [1.82, 2.24) is 15.5 Å². The van der Waals surface area contributed by atoms with Crippen molar-refractivity contribution in [3.63, 3.8) is 0 Å². The lowest BCUT2D eigenvalue weighted by Crippen LogP contribution is -2.53. The fourth-order valence-electron chi connectivity index (χ4n) is 3.60. The number of nitrogens with two attached hydrogens (primary N) is 1. The summed E-state index contributed by atoms with van der Waals surface area (Å²) >= 11 is 0. The SMILES string of the molecule is CCC1CCCCN1.CCC1CCCCN1C(C)NC(N)=O.CCN=C=O. The molecule has 0 aromatic carbocycles. The standard InChI is InChI=1S/C10H21N3O.C7H15N.C3H5NO/c1-3-9-6-4-5-7-13(9)8(2)12-10(11)14;1-2-7-5-3-4-6-8-7;1-2-4-3-5/h8-9H,3-7H2,1-2H3,(H3,11,12,14);7-8H,2-6H2,1H3;2H2,1H3. The van der Waals surface area contributed by atoms with E-state index in [1.165, 1.54) is 57.6 Å². The van der Waals surface area contributed by atoms with E-state index in [1.54, 1.807) is 6.92 Å². The molecule has 0 bridgehead atoms. The lowest BCUT2D eigenvalue weighted by molar-refractivity contribution is 0.0877. The largest absolute Gasteiger partial charge is 0.352 e. The van der Waals surface area contributed by atoms with Crippen molar-refractivity contribution in [1.29, 1.82) is 0 Å². The van der Waals surface area contributed by atoms with Crippen LogP contribution in [0.5, 0.6) is 0 Å². The molecule has 2 aliphatic rings. The van der Waals surface area contributed by atoms with Gasteiger partial charge in [-0.2, -0.15) is 0 Å². The third kappa shape index (κ3) is 12.6. The monoisotopic (exact) mass is 383 g/mol. The molecule has 2 aliphatic heterocycles. The van der Waals surface area contributed by atoms with Crippen LogP contribution in [0.2, 0.25) is 0 Å². The third-order valence-electron chi connectivity index (χ3n) is 5.12. The van der Waals surface area contributed by atoms with Gasteiger partial charge in [-0.05, 0) is 58.9 Å². The van der Waals surface area contributed by atoms with E-state index in [0.29, 0.717) is 12.6 Å². The zero-order valence-electron chi connectivity index (χ0n) is 17.8. The molecule has 2 rings (SSSR count). The Morgan fingerprint density at radius 1 is 1.22 bits per heavy atom. The fraction of sp³-hybridized carbons (Fsp3) is 0.900. The Kier molecular flexibility index (Phi) is 15.8. The normalized spacial score (nSPS) is 23.4. The first kappa shape index (κ1) is 25.6. The minimum atomic E-state index is -0.432. The molecule has 0 saturated carbocycles. The Bertz CT molecular complexity index is 421. The van der Waals surface area contributed by atoms with E-state index in [-0.39, 0.29) is 6.17 Å². The van der Waals surface area contributed by atoms with Gasteiger partial charge in [0.25, 0.3) is 0 Å². The van der Waals surface area contributed by atoms with E-state index < -0.39 is 6.03 Å². The first-order chi connectivity index (χ1) is 13.0. The number of hydrogen-bond donors (Lipinski definition) is 3. The second-order valence-corrected chi connectivity index (χ2v) is 7.10. The van der Waals surface area contributed by atoms with Gasteiger partial charge in [0, 0.05) is 25.2 Å². The Labute approximate surface area is 165 Å². The van der Waals surface area contributed by atoms with E-state index in [0.717, 1.165) is 19.0 Å². The zero-order chi connectivity index (χ0) is 20.5. The molecule has 3 unspecified atom stereocenters. The van der Waals surface area contributed by atoms with Crippen LogP contribution in [0.15, 0.2) is 4.99 Å². The number of likely N-dealkylation sites (tertiary alicyclic amines) is 1. The summed E-state index contributed by atoms with van der Waals surface area (Å²) in [5, 5.41) is 6.21. The molecule has 4 N–H and O–H groups in total. The van der Waals surface area contributed by atoms with Gasteiger partial charge in [0.2, 0.25) is 6.08 Å². The van der Waals surface area contributed by atoms with Crippen molar-refractivity contribution < 1.29 is 9.59 Å². The Hall–Kier alpha value is -1.43. The molecule has 7 nitrogen and oxygen atoms in total. The number of isocyanates is 1. The molecule has 0 spiro atoms. The number of nitrogens with zero attached hydrogens (tertiary/aromatic N) is 2. The van der Waals surface area contributed by atoms with E-state index in [2.05, 4.69) is 34.4 Å². The summed E-state index contributed by atoms with van der Waals surface area (Å²) in [7, 11) is 0. The summed E-state index contributed by atoms with van der Waals surface area (Å²) < 4.78 is 0. The van der Waals surface area contributed by atoms with Crippen molar-refractivity contribution in [2.45, 2.75) is 97.3 Å². The number of primary amides is 1. The predicted octanol–water partition coefficient (Wildman–Crippen LogP) is 3.15. The maximum atomic E-state index is 10.7. The molecule has 3 atom stereocenters. The van der Waals surface area contributed by atoms with E-state index in [1.807, 2.05) is 6.92 Å². The van der Waals surface area contributed by atoms with Gasteiger partial charge in [0.1, 0.15) is 0 Å². The van der Waals surface area contributed by atoms with Crippen molar-refractivity contribution in [3.05, 3.63) is 0 Å². The summed E-state index contributed by atoms with van der Waals surface area (Å²) in [5.41, 5.74) is 5.11. The van der Waals surface area contributed by atoms with Crippen LogP contribution in [-0.2, 0) is 4.79 Å². The summed E-state index contributed by atoms with van der Waals surface area (Å²) in [6.45, 7) is 11.1. The molecular weight excluding hydrogens is 342 g/mol. The summed E-state index contributed by atoms with van der Waals surface area (Å²) in [5.74, 6) is 0. The number of rotatable bonds is 5. The van der Waals surface area contributed by atoms with Gasteiger partial charge in [-0.3, -0.25) is 4.90 Å². The second kappa shape index (κ2) is 16.7. The van der Waals surface area contributed by atoms with E-state index in [4.69, 9.17) is 10.5 Å². The van der Waals surface area contributed by atoms with E-state index in [9.17, 15) is 4.79 Å². The molecule has 2 heterocycles. The molecule has 2 fully saturated rings. The van der Waals surface area contributed by atoms with Gasteiger partial charge in [-0.25, -0.2) is 14.6 Å². The highest BCUT2D eigenvalue weighted by atomic mass is 16.2. The van der Waals surface area contributed by atoms with Crippen LogP contribution in [0, 0.1) is 0 Å². The van der Waals surface area contributed by atoms with Gasteiger partial charge in [0.05, 0.1) is 6.17 Å². The number of aliphatic imine (C=N–C) groups is 1. The summed E-state index contributed by atoms with van der Waals surface area (Å²) in [6.07, 6.45) is 11.9. The smallest absolute Gasteiger partial charge is 0.313 e. The quantitative estimate of drug-likeness (QED) is 0.501. The Morgan fingerprint density at radius 2 is 1.93 bits per heavy atom. The van der Waals surface area contributed by atoms with Crippen LogP contribution < -0.4 is 16.4 Å². The van der Waals surface area contributed by atoms with Gasteiger partial charge < -0.3 is 16.4 Å². The third-order valence-corrected chi connectivity index (χ3v) is 5.12. The van der Waals surface area contributed by atoms with Crippen LogP contribution in [0.1, 0.15) is 79.1 Å². The average Bonchev–Trinajstić information content (AvgIpc) is 2.69. The molecule has 2 amide bonds. The number of carbonyl (C=O) groups is 1. The predicted molar refractivity (Wildman–Crippen MR) is 111 cm³/mol. The first-order valence-electron chi connectivity index (χ1n) is 10.6. The highest BCUT2D eigenvalue weighted by Crippen LogP contribution is 2.20. The number of hydrogen-bond acceptors (Lipinski definition) is 5. The molecule has 27 heavy (non-hydrogen) atoms. The van der Waals surface area contributed by atoms with Gasteiger partial charge in [0.15, 0.2) is 0 Å². The molecular formula is C20H41N5O2. The Balaban J connectivity index is 0.000000437. The van der Waals surface area contributed by atoms with Crippen molar-refractivity contribution in [2.24, 2.45) is 10.7 Å². The minimum Gasteiger partial charge on any atom is -0.352 e. The van der Waals surface area contributed by atoms with Crippen molar-refractivity contribution in [2.75, 3.05) is 19.6 Å². The lowest BCUT2D eigenvalue weighted by atomic mass is 9.99. The van der Waals surface area contributed by atoms with Gasteiger partial charge in [-0.15, -0.1) is 0 Å². The fourth-order valence-corrected chi connectivity index (χ4v) is 3.60. The number of carbonyl (C=O) groups excluding carboxylic acids is 2. The molecule has 0 radical (unpaired) electrons. The van der Waals surface area contributed by atoms with Crippen LogP contribution >= 0.6 is 0 Å². The summed E-state index contributed by atoms with van der Waals surface area (Å²) in [6, 6.07) is 1.01. The van der Waals surface area contributed by atoms with Crippen molar-refractivity contribution >= 4 is 12.1 Å².